The van der Waals surface area contributed by atoms with Gasteiger partial charge in [0.2, 0.25) is 5.91 Å². The van der Waals surface area contributed by atoms with Gasteiger partial charge in [0.15, 0.2) is 0 Å². The van der Waals surface area contributed by atoms with Gasteiger partial charge in [-0.1, -0.05) is 0 Å². The summed E-state index contributed by atoms with van der Waals surface area (Å²) < 4.78 is 0. The summed E-state index contributed by atoms with van der Waals surface area (Å²) in [7, 11) is 0. The first kappa shape index (κ1) is 10.2. The number of nitrogens with zero attached hydrogens (tertiary/aromatic N) is 1. The van der Waals surface area contributed by atoms with Crippen LogP contribution in [0.2, 0.25) is 0 Å². The highest BCUT2D eigenvalue weighted by molar-refractivity contribution is 7.08. The van der Waals surface area contributed by atoms with E-state index < -0.39 is 0 Å². The molecule has 1 fully saturated rings. The first-order valence-corrected chi connectivity index (χ1v) is 5.79. The highest BCUT2D eigenvalue weighted by atomic mass is 32.1. The standard InChI is InChI=1S/C10H12N2O2S/c1-2-12-9(13)5-8(10(12)14)11-7-3-4-15-6-7/h3-4,6,8,11H,2,5H2,1H3. The van der Waals surface area contributed by atoms with Crippen LogP contribution in [0.25, 0.3) is 0 Å². The molecule has 0 spiro atoms. The molecule has 1 aromatic heterocycles. The van der Waals surface area contributed by atoms with Gasteiger partial charge in [0.05, 0.1) is 6.42 Å². The van der Waals surface area contributed by atoms with Crippen molar-refractivity contribution in [2.45, 2.75) is 19.4 Å². The van der Waals surface area contributed by atoms with Crippen molar-refractivity contribution in [3.05, 3.63) is 16.8 Å². The minimum atomic E-state index is -0.382. The maximum Gasteiger partial charge on any atom is 0.252 e. The van der Waals surface area contributed by atoms with Gasteiger partial charge in [-0.05, 0) is 18.4 Å². The second kappa shape index (κ2) is 4.02. The number of likely N-dealkylation sites (tertiary alicyclic amines) is 1. The summed E-state index contributed by atoms with van der Waals surface area (Å²) in [6.07, 6.45) is 0.266. The van der Waals surface area contributed by atoms with Crippen LogP contribution in [0, 0.1) is 0 Å². The van der Waals surface area contributed by atoms with Crippen LogP contribution >= 0.6 is 11.3 Å². The van der Waals surface area contributed by atoms with E-state index in [2.05, 4.69) is 5.32 Å². The highest BCUT2D eigenvalue weighted by Gasteiger charge is 2.37. The molecule has 1 aromatic rings. The van der Waals surface area contributed by atoms with Gasteiger partial charge in [0, 0.05) is 17.6 Å². The van der Waals surface area contributed by atoms with Crippen LogP contribution in [-0.4, -0.2) is 29.3 Å². The number of carbonyl (C=O) groups is 2. The summed E-state index contributed by atoms with van der Waals surface area (Å²) in [6.45, 7) is 2.27. The molecule has 0 saturated carbocycles. The van der Waals surface area contributed by atoms with Gasteiger partial charge in [-0.2, -0.15) is 11.3 Å². The van der Waals surface area contributed by atoms with Crippen LogP contribution < -0.4 is 5.32 Å². The Morgan fingerprint density at radius 3 is 2.93 bits per heavy atom. The van der Waals surface area contributed by atoms with E-state index in [0.717, 1.165) is 5.69 Å². The largest absolute Gasteiger partial charge is 0.373 e. The molecule has 80 valence electrons. The van der Waals surface area contributed by atoms with E-state index in [1.165, 1.54) is 4.90 Å². The molecule has 1 aliphatic heterocycles. The summed E-state index contributed by atoms with van der Waals surface area (Å²) in [5.41, 5.74) is 0.907. The lowest BCUT2D eigenvalue weighted by Gasteiger charge is -2.12. The smallest absolute Gasteiger partial charge is 0.252 e. The molecule has 1 saturated heterocycles. The van der Waals surface area contributed by atoms with Gasteiger partial charge in [-0.25, -0.2) is 0 Å². The molecule has 5 heteroatoms. The van der Waals surface area contributed by atoms with Gasteiger partial charge < -0.3 is 5.32 Å². The Hall–Kier alpha value is -1.36. The molecular formula is C10H12N2O2S. The zero-order chi connectivity index (χ0) is 10.8. The first-order chi connectivity index (χ1) is 7.22. The van der Waals surface area contributed by atoms with Crippen molar-refractivity contribution in [2.75, 3.05) is 11.9 Å². The molecule has 15 heavy (non-hydrogen) atoms. The number of anilines is 1. The Bertz CT molecular complexity index is 375. The third-order valence-corrected chi connectivity index (χ3v) is 3.11. The predicted molar refractivity (Wildman–Crippen MR) is 58.7 cm³/mol. The Labute approximate surface area is 91.9 Å². The number of hydrogen-bond acceptors (Lipinski definition) is 4. The lowest BCUT2D eigenvalue weighted by molar-refractivity contribution is -0.138. The normalized spacial score (nSPS) is 21.1. The van der Waals surface area contributed by atoms with Gasteiger partial charge in [0.25, 0.3) is 5.91 Å². The van der Waals surface area contributed by atoms with E-state index in [-0.39, 0.29) is 24.3 Å². The average molecular weight is 224 g/mol. The quantitative estimate of drug-likeness (QED) is 0.787. The van der Waals surface area contributed by atoms with E-state index in [1.54, 1.807) is 11.3 Å². The minimum Gasteiger partial charge on any atom is -0.373 e. The van der Waals surface area contributed by atoms with Crippen LogP contribution in [0.3, 0.4) is 0 Å². The zero-order valence-electron chi connectivity index (χ0n) is 8.40. The summed E-state index contributed by atoms with van der Waals surface area (Å²) in [5.74, 6) is -0.205. The Kier molecular flexibility index (Phi) is 2.73. The van der Waals surface area contributed by atoms with Crippen LogP contribution in [0.5, 0.6) is 0 Å². The van der Waals surface area contributed by atoms with Crippen molar-refractivity contribution in [2.24, 2.45) is 0 Å². The monoisotopic (exact) mass is 224 g/mol. The van der Waals surface area contributed by atoms with Crippen LogP contribution in [0.4, 0.5) is 5.69 Å². The van der Waals surface area contributed by atoms with Gasteiger partial charge in [-0.3, -0.25) is 14.5 Å². The van der Waals surface area contributed by atoms with Gasteiger partial charge >= 0.3 is 0 Å². The zero-order valence-corrected chi connectivity index (χ0v) is 9.21. The number of likely N-dealkylation sites (N-methyl/N-ethyl adjacent to an activating group) is 1. The fourth-order valence-corrected chi connectivity index (χ4v) is 2.27. The molecule has 2 rings (SSSR count). The number of amides is 2. The molecule has 1 unspecified atom stereocenters. The van der Waals surface area contributed by atoms with E-state index in [4.69, 9.17) is 0 Å². The average Bonchev–Trinajstić information content (AvgIpc) is 2.78. The second-order valence-corrected chi connectivity index (χ2v) is 4.17. The fraction of sp³-hybridized carbons (Fsp3) is 0.400. The van der Waals surface area contributed by atoms with Crippen LogP contribution in [-0.2, 0) is 9.59 Å². The number of rotatable bonds is 3. The number of thiophene rings is 1. The Morgan fingerprint density at radius 2 is 2.40 bits per heavy atom. The molecule has 0 aromatic carbocycles. The van der Waals surface area contributed by atoms with E-state index in [9.17, 15) is 9.59 Å². The summed E-state index contributed by atoms with van der Waals surface area (Å²) in [4.78, 5) is 24.4. The number of hydrogen-bond donors (Lipinski definition) is 1. The number of carbonyl (C=O) groups excluding carboxylic acids is 2. The lowest BCUT2D eigenvalue weighted by atomic mass is 10.2. The van der Waals surface area contributed by atoms with Crippen LogP contribution in [0.1, 0.15) is 13.3 Å². The number of imide groups is 1. The summed E-state index contributed by atoms with van der Waals surface area (Å²) >= 11 is 1.56. The van der Waals surface area contributed by atoms with Crippen molar-refractivity contribution in [3.63, 3.8) is 0 Å². The second-order valence-electron chi connectivity index (χ2n) is 3.39. The molecule has 0 radical (unpaired) electrons. The third kappa shape index (κ3) is 1.87. The first-order valence-electron chi connectivity index (χ1n) is 4.85. The van der Waals surface area contributed by atoms with Crippen molar-refractivity contribution in [3.8, 4) is 0 Å². The lowest BCUT2D eigenvalue weighted by Crippen LogP contribution is -2.34. The maximum absolute atomic E-state index is 11.7. The maximum atomic E-state index is 11.7. The van der Waals surface area contributed by atoms with Gasteiger partial charge in [0.1, 0.15) is 6.04 Å². The molecule has 1 aliphatic rings. The molecular weight excluding hydrogens is 212 g/mol. The molecule has 0 bridgehead atoms. The van der Waals surface area contributed by atoms with Crippen molar-refractivity contribution >= 4 is 28.8 Å². The third-order valence-electron chi connectivity index (χ3n) is 2.42. The highest BCUT2D eigenvalue weighted by Crippen LogP contribution is 2.19. The number of nitrogens with one attached hydrogen (secondary N) is 1. The van der Waals surface area contributed by atoms with E-state index >= 15 is 0 Å². The van der Waals surface area contributed by atoms with Gasteiger partial charge in [-0.15, -0.1) is 0 Å². The molecule has 2 amide bonds. The molecule has 2 heterocycles. The SMILES string of the molecule is CCN1C(=O)CC(Nc2ccsc2)C1=O. The Morgan fingerprint density at radius 1 is 1.60 bits per heavy atom. The van der Waals surface area contributed by atoms with Crippen LogP contribution in [0.15, 0.2) is 16.8 Å². The molecule has 1 N–H and O–H groups in total. The van der Waals surface area contributed by atoms with Crippen molar-refractivity contribution < 1.29 is 9.59 Å². The summed E-state index contributed by atoms with van der Waals surface area (Å²) in [5, 5.41) is 6.92. The summed E-state index contributed by atoms with van der Waals surface area (Å²) in [6, 6.07) is 1.52. The van der Waals surface area contributed by atoms with Crippen molar-refractivity contribution in [1.82, 2.24) is 4.90 Å². The van der Waals surface area contributed by atoms with E-state index in [1.807, 2.05) is 23.8 Å². The topological polar surface area (TPSA) is 49.4 Å². The molecule has 1 atom stereocenters. The Balaban J connectivity index is 2.06. The molecule has 4 nitrogen and oxygen atoms in total. The van der Waals surface area contributed by atoms with E-state index in [0.29, 0.717) is 6.54 Å². The fourth-order valence-electron chi connectivity index (χ4n) is 1.68. The molecule has 0 aliphatic carbocycles. The predicted octanol–water partition coefficient (Wildman–Crippen LogP) is 1.31. The minimum absolute atomic E-state index is 0.0878. The van der Waals surface area contributed by atoms with Crippen molar-refractivity contribution in [1.29, 1.82) is 0 Å².